The summed E-state index contributed by atoms with van der Waals surface area (Å²) in [4.78, 5) is 2.54. The Morgan fingerprint density at radius 2 is 2.27 bits per heavy atom. The zero-order chi connectivity index (χ0) is 10.8. The summed E-state index contributed by atoms with van der Waals surface area (Å²) in [6.07, 6.45) is 1.33. The molecule has 0 amide bonds. The van der Waals surface area contributed by atoms with Crippen LogP contribution in [0.2, 0.25) is 0 Å². The van der Waals surface area contributed by atoms with Gasteiger partial charge in [0.15, 0.2) is 0 Å². The number of anilines is 1. The van der Waals surface area contributed by atoms with Crippen LogP contribution in [-0.2, 0) is 0 Å². The van der Waals surface area contributed by atoms with E-state index in [-0.39, 0.29) is 0 Å². The van der Waals surface area contributed by atoms with Crippen LogP contribution in [0, 0.1) is 5.92 Å². The monoisotopic (exact) mass is 204 g/mol. The minimum atomic E-state index is 0.499. The van der Waals surface area contributed by atoms with Gasteiger partial charge in [0.1, 0.15) is 0 Å². The highest BCUT2D eigenvalue weighted by Crippen LogP contribution is 2.27. The van der Waals surface area contributed by atoms with Crippen molar-refractivity contribution in [3.8, 4) is 0 Å². The van der Waals surface area contributed by atoms with E-state index >= 15 is 0 Å². The molecule has 1 heterocycles. The van der Waals surface area contributed by atoms with Gasteiger partial charge in [0.05, 0.1) is 0 Å². The van der Waals surface area contributed by atoms with Crippen molar-refractivity contribution in [3.05, 3.63) is 29.8 Å². The first-order valence-electron chi connectivity index (χ1n) is 5.76. The molecule has 1 saturated heterocycles. The van der Waals surface area contributed by atoms with Gasteiger partial charge in [0.25, 0.3) is 0 Å². The maximum Gasteiger partial charge on any atom is 0.0320 e. The highest BCUT2D eigenvalue weighted by molar-refractivity contribution is 5.41. The Morgan fingerprint density at radius 3 is 2.87 bits per heavy atom. The molecule has 0 saturated carbocycles. The van der Waals surface area contributed by atoms with Gasteiger partial charge in [0.2, 0.25) is 0 Å². The molecule has 1 aromatic rings. The first-order chi connectivity index (χ1) is 7.16. The van der Waals surface area contributed by atoms with Crippen LogP contribution in [0.3, 0.4) is 0 Å². The molecule has 2 unspecified atom stereocenters. The lowest BCUT2D eigenvalue weighted by molar-refractivity contribution is 0.255. The van der Waals surface area contributed by atoms with E-state index in [1.54, 1.807) is 0 Å². The van der Waals surface area contributed by atoms with Gasteiger partial charge in [-0.15, -0.1) is 0 Å². The second-order valence-corrected chi connectivity index (χ2v) is 4.73. The maximum absolute atomic E-state index is 5.80. The molecular weight excluding hydrogens is 184 g/mol. The smallest absolute Gasteiger partial charge is 0.0320 e. The number of rotatable bonds is 2. The van der Waals surface area contributed by atoms with Gasteiger partial charge < -0.3 is 5.73 Å². The Hall–Kier alpha value is -1.02. The molecule has 0 aliphatic carbocycles. The van der Waals surface area contributed by atoms with Gasteiger partial charge >= 0.3 is 0 Å². The summed E-state index contributed by atoms with van der Waals surface area (Å²) in [6, 6.07) is 8.75. The lowest BCUT2D eigenvalue weighted by atomic mass is 10.1. The minimum Gasteiger partial charge on any atom is -0.399 e. The van der Waals surface area contributed by atoms with E-state index in [2.05, 4.69) is 30.9 Å². The second-order valence-electron chi connectivity index (χ2n) is 4.73. The van der Waals surface area contributed by atoms with Crippen molar-refractivity contribution in [1.29, 1.82) is 0 Å². The fourth-order valence-electron chi connectivity index (χ4n) is 2.35. The molecular formula is C13H20N2. The molecule has 1 aliphatic heterocycles. The number of nitrogens with two attached hydrogens (primary N) is 1. The number of likely N-dealkylation sites (tertiary alicyclic amines) is 1. The van der Waals surface area contributed by atoms with Crippen LogP contribution in [0.1, 0.15) is 31.9 Å². The summed E-state index contributed by atoms with van der Waals surface area (Å²) in [5, 5.41) is 0. The molecule has 2 heteroatoms. The molecule has 1 fully saturated rings. The Bertz CT molecular complexity index is 335. The zero-order valence-electron chi connectivity index (χ0n) is 9.61. The van der Waals surface area contributed by atoms with Gasteiger partial charge in [-0.1, -0.05) is 19.1 Å². The Morgan fingerprint density at radius 1 is 1.47 bits per heavy atom. The van der Waals surface area contributed by atoms with Crippen LogP contribution in [0.4, 0.5) is 5.69 Å². The van der Waals surface area contributed by atoms with Crippen molar-refractivity contribution in [2.24, 2.45) is 5.92 Å². The predicted molar refractivity (Wildman–Crippen MR) is 64.6 cm³/mol. The molecule has 82 valence electrons. The van der Waals surface area contributed by atoms with Gasteiger partial charge in [-0.05, 0) is 43.5 Å². The van der Waals surface area contributed by atoms with Crippen LogP contribution in [0.15, 0.2) is 24.3 Å². The molecule has 0 radical (unpaired) electrons. The van der Waals surface area contributed by atoms with Gasteiger partial charge in [-0.3, -0.25) is 4.90 Å². The quantitative estimate of drug-likeness (QED) is 0.750. The van der Waals surface area contributed by atoms with Crippen LogP contribution < -0.4 is 5.73 Å². The van der Waals surface area contributed by atoms with Crippen molar-refractivity contribution in [3.63, 3.8) is 0 Å². The largest absolute Gasteiger partial charge is 0.399 e. The van der Waals surface area contributed by atoms with Crippen molar-refractivity contribution in [2.45, 2.75) is 26.3 Å². The third-order valence-electron chi connectivity index (χ3n) is 3.40. The average Bonchev–Trinajstić information content (AvgIpc) is 2.64. The first kappa shape index (κ1) is 10.5. The third-order valence-corrected chi connectivity index (χ3v) is 3.40. The Labute approximate surface area is 92.1 Å². The Kier molecular flexibility index (Phi) is 2.96. The predicted octanol–water partition coefficient (Wildman–Crippen LogP) is 2.67. The number of benzene rings is 1. The third kappa shape index (κ3) is 2.32. The van der Waals surface area contributed by atoms with Gasteiger partial charge in [-0.25, -0.2) is 0 Å². The maximum atomic E-state index is 5.80. The molecule has 2 rings (SSSR count). The molecule has 0 spiro atoms. The second kappa shape index (κ2) is 4.23. The van der Waals surface area contributed by atoms with Crippen LogP contribution in [0.5, 0.6) is 0 Å². The molecule has 0 aromatic heterocycles. The van der Waals surface area contributed by atoms with Crippen LogP contribution in [0.25, 0.3) is 0 Å². The normalized spacial score (nSPS) is 24.3. The van der Waals surface area contributed by atoms with E-state index in [9.17, 15) is 0 Å². The lowest BCUT2D eigenvalue weighted by Gasteiger charge is -2.24. The number of nitrogen functional groups attached to an aromatic ring is 1. The SMILES string of the molecule is CC1CCN(C(C)c2cccc(N)c2)C1. The standard InChI is InChI=1S/C13H20N2/c1-10-6-7-15(9-10)11(2)12-4-3-5-13(14)8-12/h3-5,8,10-11H,6-7,9,14H2,1-2H3. The zero-order valence-corrected chi connectivity index (χ0v) is 9.61. The van der Waals surface area contributed by atoms with Gasteiger partial charge in [0, 0.05) is 18.3 Å². The summed E-state index contributed by atoms with van der Waals surface area (Å²) in [5.41, 5.74) is 8.01. The Balaban J connectivity index is 2.10. The van der Waals surface area contributed by atoms with Crippen molar-refractivity contribution < 1.29 is 0 Å². The number of hydrogen-bond donors (Lipinski definition) is 1. The fraction of sp³-hybridized carbons (Fsp3) is 0.538. The van der Waals surface area contributed by atoms with E-state index < -0.39 is 0 Å². The van der Waals surface area contributed by atoms with E-state index in [1.165, 1.54) is 25.1 Å². The van der Waals surface area contributed by atoms with Crippen LogP contribution in [-0.4, -0.2) is 18.0 Å². The molecule has 1 aromatic carbocycles. The molecule has 1 aliphatic rings. The van der Waals surface area contributed by atoms with E-state index in [0.717, 1.165) is 11.6 Å². The first-order valence-corrected chi connectivity index (χ1v) is 5.76. The summed E-state index contributed by atoms with van der Waals surface area (Å²) in [6.45, 7) is 7.03. The van der Waals surface area contributed by atoms with E-state index in [0.29, 0.717) is 6.04 Å². The van der Waals surface area contributed by atoms with Crippen LogP contribution >= 0.6 is 0 Å². The highest BCUT2D eigenvalue weighted by Gasteiger charge is 2.23. The molecule has 2 N–H and O–H groups in total. The lowest BCUT2D eigenvalue weighted by Crippen LogP contribution is -2.24. The van der Waals surface area contributed by atoms with E-state index in [4.69, 9.17) is 5.73 Å². The molecule has 2 atom stereocenters. The minimum absolute atomic E-state index is 0.499. The summed E-state index contributed by atoms with van der Waals surface area (Å²) in [7, 11) is 0. The van der Waals surface area contributed by atoms with E-state index in [1.807, 2.05) is 12.1 Å². The topological polar surface area (TPSA) is 29.3 Å². The van der Waals surface area contributed by atoms with Crippen molar-refractivity contribution in [2.75, 3.05) is 18.8 Å². The van der Waals surface area contributed by atoms with Crippen molar-refractivity contribution >= 4 is 5.69 Å². The number of nitrogens with zero attached hydrogens (tertiary/aromatic N) is 1. The summed E-state index contributed by atoms with van der Waals surface area (Å²) < 4.78 is 0. The molecule has 15 heavy (non-hydrogen) atoms. The summed E-state index contributed by atoms with van der Waals surface area (Å²) >= 11 is 0. The molecule has 2 nitrogen and oxygen atoms in total. The summed E-state index contributed by atoms with van der Waals surface area (Å²) in [5.74, 6) is 0.841. The average molecular weight is 204 g/mol. The highest BCUT2D eigenvalue weighted by atomic mass is 15.2. The fourth-order valence-corrected chi connectivity index (χ4v) is 2.35. The molecule has 0 bridgehead atoms. The van der Waals surface area contributed by atoms with Crippen molar-refractivity contribution in [1.82, 2.24) is 4.90 Å². The van der Waals surface area contributed by atoms with Gasteiger partial charge in [-0.2, -0.15) is 0 Å². The number of hydrogen-bond acceptors (Lipinski definition) is 2.